The Hall–Kier alpha value is -3.58. The Kier molecular flexibility index (Phi) is 9.45. The maximum atomic E-state index is 13.0. The van der Waals surface area contributed by atoms with Crippen LogP contribution in [0.5, 0.6) is 0 Å². The molecule has 184 valence electrons. The second-order valence-corrected chi connectivity index (χ2v) is 8.08. The first-order valence-electron chi connectivity index (χ1n) is 10.4. The van der Waals surface area contributed by atoms with Gasteiger partial charge in [0.05, 0.1) is 12.5 Å². The van der Waals surface area contributed by atoms with Crippen LogP contribution in [0.15, 0.2) is 30.5 Å². The van der Waals surface area contributed by atoms with Crippen molar-refractivity contribution < 1.29 is 29.1 Å². The van der Waals surface area contributed by atoms with Gasteiger partial charge in [0.25, 0.3) is 0 Å². The summed E-state index contributed by atoms with van der Waals surface area (Å²) in [5, 5.41) is 17.1. The lowest BCUT2D eigenvalue weighted by atomic mass is 10.0. The number of carbonyl (C=O) groups excluding carboxylic acids is 4. The highest BCUT2D eigenvalue weighted by Gasteiger charge is 2.29. The van der Waals surface area contributed by atoms with Gasteiger partial charge in [-0.3, -0.25) is 19.2 Å². The molecule has 1 heterocycles. The molecule has 0 radical (unpaired) electrons. The molecule has 0 spiro atoms. The Morgan fingerprint density at radius 3 is 2.29 bits per heavy atom. The number of carboxylic acids is 1. The van der Waals surface area contributed by atoms with Gasteiger partial charge in [0.15, 0.2) is 0 Å². The molecule has 4 atom stereocenters. The molecule has 2 rings (SSSR count). The van der Waals surface area contributed by atoms with E-state index in [0.29, 0.717) is 0 Å². The summed E-state index contributed by atoms with van der Waals surface area (Å²) in [6, 6.07) is 2.59. The van der Waals surface area contributed by atoms with Crippen LogP contribution < -0.4 is 27.4 Å². The van der Waals surface area contributed by atoms with E-state index in [1.165, 1.54) is 6.92 Å². The van der Waals surface area contributed by atoms with E-state index in [9.17, 15) is 24.0 Å². The van der Waals surface area contributed by atoms with Gasteiger partial charge in [-0.05, 0) is 18.6 Å². The first kappa shape index (κ1) is 26.7. The van der Waals surface area contributed by atoms with E-state index in [2.05, 4.69) is 33.6 Å². The maximum absolute atomic E-state index is 13.0. The largest absolute Gasteiger partial charge is 0.480 e. The van der Waals surface area contributed by atoms with Crippen LogP contribution in [0.25, 0.3) is 10.9 Å². The number of aromatic amines is 1. The van der Waals surface area contributed by atoms with Crippen molar-refractivity contribution in [3.05, 3.63) is 36.0 Å². The number of carboxylic acid groups (broad SMARTS) is 1. The summed E-state index contributed by atoms with van der Waals surface area (Å²) in [4.78, 5) is 63.1. The minimum absolute atomic E-state index is 0.0492. The lowest BCUT2D eigenvalue weighted by molar-refractivity contribution is -0.141. The highest BCUT2D eigenvalue weighted by molar-refractivity contribution is 7.80. The highest BCUT2D eigenvalue weighted by atomic mass is 32.1. The van der Waals surface area contributed by atoms with Crippen molar-refractivity contribution in [1.82, 2.24) is 20.9 Å². The molecule has 1 aromatic carbocycles. The fourth-order valence-corrected chi connectivity index (χ4v) is 3.43. The minimum Gasteiger partial charge on any atom is -0.480 e. The lowest BCUT2D eigenvalue weighted by Crippen LogP contribution is -2.57. The number of carbonyl (C=O) groups is 5. The van der Waals surface area contributed by atoms with Gasteiger partial charge in [-0.2, -0.15) is 12.6 Å². The number of aliphatic carboxylic acids is 1. The number of hydrogen-bond acceptors (Lipinski definition) is 7. The Bertz CT molecular complexity index is 1070. The standard InChI is InChI=1S/C21H28N6O6S/c1-10(18(29)27-16(9-34)21(32)33)25-20(31)15(26-19(30)13(22)7-17(23)28)6-11-8-24-14-5-3-2-4-12(11)14/h2-5,8,10,13,15-16,24,34H,6-7,9,22H2,1H3,(H2,23,28)(H,25,31)(H,26,30)(H,27,29)(H,32,33). The number of rotatable bonds is 12. The van der Waals surface area contributed by atoms with E-state index < -0.39 is 60.2 Å². The molecule has 4 unspecified atom stereocenters. The first-order chi connectivity index (χ1) is 16.0. The lowest BCUT2D eigenvalue weighted by Gasteiger charge is -2.23. The molecule has 0 saturated carbocycles. The van der Waals surface area contributed by atoms with Crippen LogP contribution in [-0.2, 0) is 30.4 Å². The van der Waals surface area contributed by atoms with Gasteiger partial charge in [0.1, 0.15) is 18.1 Å². The SMILES string of the molecule is CC(NC(=O)C(Cc1c[nH]c2ccccc12)NC(=O)C(N)CC(N)=O)C(=O)NC(CS)C(=O)O. The topological polar surface area (TPSA) is 209 Å². The van der Waals surface area contributed by atoms with Crippen molar-refractivity contribution in [2.24, 2.45) is 11.5 Å². The molecule has 0 aliphatic rings. The summed E-state index contributed by atoms with van der Waals surface area (Å²) in [7, 11) is 0. The zero-order chi connectivity index (χ0) is 25.4. The van der Waals surface area contributed by atoms with E-state index >= 15 is 0 Å². The van der Waals surface area contributed by atoms with Gasteiger partial charge in [-0.25, -0.2) is 4.79 Å². The second-order valence-electron chi connectivity index (χ2n) is 7.71. The van der Waals surface area contributed by atoms with Crippen molar-refractivity contribution in [2.45, 2.75) is 43.9 Å². The number of aromatic nitrogens is 1. The summed E-state index contributed by atoms with van der Waals surface area (Å²) in [5.74, 6) is -4.39. The van der Waals surface area contributed by atoms with Crippen LogP contribution in [0.1, 0.15) is 18.9 Å². The number of hydrogen-bond donors (Lipinski definition) is 8. The molecule has 0 saturated heterocycles. The second kappa shape index (κ2) is 12.0. The number of nitrogens with one attached hydrogen (secondary N) is 4. The van der Waals surface area contributed by atoms with E-state index in [1.54, 1.807) is 6.20 Å². The third kappa shape index (κ3) is 7.22. The summed E-state index contributed by atoms with van der Waals surface area (Å²) in [6.45, 7) is 1.37. The Morgan fingerprint density at radius 2 is 1.68 bits per heavy atom. The molecule has 0 bridgehead atoms. The van der Waals surface area contributed by atoms with Crippen molar-refractivity contribution in [2.75, 3.05) is 5.75 Å². The third-order valence-electron chi connectivity index (χ3n) is 5.04. The Labute approximate surface area is 200 Å². The molecule has 9 N–H and O–H groups in total. The fourth-order valence-electron chi connectivity index (χ4n) is 3.18. The van der Waals surface area contributed by atoms with Crippen molar-refractivity contribution in [1.29, 1.82) is 0 Å². The number of amides is 4. The molecule has 0 fully saturated rings. The molecular formula is C21H28N6O6S. The molecule has 2 aromatic rings. The molecular weight excluding hydrogens is 464 g/mol. The Morgan fingerprint density at radius 1 is 1.03 bits per heavy atom. The molecule has 13 heteroatoms. The number of nitrogens with two attached hydrogens (primary N) is 2. The van der Waals surface area contributed by atoms with Gasteiger partial charge in [0.2, 0.25) is 23.6 Å². The summed E-state index contributed by atoms with van der Waals surface area (Å²) >= 11 is 3.88. The first-order valence-corrected chi connectivity index (χ1v) is 11.0. The van der Waals surface area contributed by atoms with Gasteiger partial charge in [-0.1, -0.05) is 18.2 Å². The van der Waals surface area contributed by atoms with Crippen molar-refractivity contribution >= 4 is 53.1 Å². The predicted octanol–water partition coefficient (Wildman–Crippen LogP) is -1.60. The molecule has 1 aromatic heterocycles. The summed E-state index contributed by atoms with van der Waals surface area (Å²) in [6.07, 6.45) is 1.33. The van der Waals surface area contributed by atoms with Gasteiger partial charge < -0.3 is 37.5 Å². The van der Waals surface area contributed by atoms with Crippen LogP contribution in [0.2, 0.25) is 0 Å². The van der Waals surface area contributed by atoms with E-state index in [-0.39, 0.29) is 12.2 Å². The quantitative estimate of drug-likeness (QED) is 0.163. The normalized spacial score (nSPS) is 14.4. The average Bonchev–Trinajstić information content (AvgIpc) is 3.18. The van der Waals surface area contributed by atoms with E-state index in [1.807, 2.05) is 24.3 Å². The minimum atomic E-state index is -1.27. The zero-order valence-corrected chi connectivity index (χ0v) is 19.3. The Balaban J connectivity index is 2.19. The number of fused-ring (bicyclic) bond motifs is 1. The molecule has 0 aliphatic heterocycles. The van der Waals surface area contributed by atoms with Crippen molar-refractivity contribution in [3.8, 4) is 0 Å². The molecule has 12 nitrogen and oxygen atoms in total. The predicted molar refractivity (Wildman–Crippen MR) is 127 cm³/mol. The van der Waals surface area contributed by atoms with E-state index in [0.717, 1.165) is 16.5 Å². The summed E-state index contributed by atoms with van der Waals surface area (Å²) < 4.78 is 0. The highest BCUT2D eigenvalue weighted by Crippen LogP contribution is 2.19. The van der Waals surface area contributed by atoms with Crippen LogP contribution in [0.3, 0.4) is 0 Å². The average molecular weight is 493 g/mol. The molecule has 4 amide bonds. The third-order valence-corrected chi connectivity index (χ3v) is 5.40. The smallest absolute Gasteiger partial charge is 0.327 e. The van der Waals surface area contributed by atoms with Crippen molar-refractivity contribution in [3.63, 3.8) is 0 Å². The fraction of sp³-hybridized carbons (Fsp3) is 0.381. The monoisotopic (exact) mass is 492 g/mol. The van der Waals surface area contributed by atoms with Gasteiger partial charge in [0, 0.05) is 29.3 Å². The van der Waals surface area contributed by atoms with Crippen LogP contribution in [0, 0.1) is 0 Å². The number of benzene rings is 1. The van der Waals surface area contributed by atoms with Crippen LogP contribution >= 0.6 is 12.6 Å². The molecule has 0 aliphatic carbocycles. The van der Waals surface area contributed by atoms with Gasteiger partial charge in [-0.15, -0.1) is 0 Å². The number of para-hydroxylation sites is 1. The zero-order valence-electron chi connectivity index (χ0n) is 18.4. The molecule has 34 heavy (non-hydrogen) atoms. The van der Waals surface area contributed by atoms with Crippen LogP contribution in [0.4, 0.5) is 0 Å². The summed E-state index contributed by atoms with van der Waals surface area (Å²) in [5.41, 5.74) is 12.3. The number of primary amides is 1. The van der Waals surface area contributed by atoms with Crippen LogP contribution in [-0.4, -0.2) is 69.6 Å². The number of H-pyrrole nitrogens is 1. The maximum Gasteiger partial charge on any atom is 0.327 e. The number of thiol groups is 1. The van der Waals surface area contributed by atoms with E-state index in [4.69, 9.17) is 16.6 Å². The van der Waals surface area contributed by atoms with Gasteiger partial charge >= 0.3 is 5.97 Å².